The van der Waals surface area contributed by atoms with E-state index in [9.17, 15) is 0 Å². The molecule has 0 aromatic carbocycles. The zero-order valence-electron chi connectivity index (χ0n) is 11.3. The highest BCUT2D eigenvalue weighted by Crippen LogP contribution is 2.38. The molecule has 1 aliphatic rings. The van der Waals surface area contributed by atoms with Crippen molar-refractivity contribution in [3.63, 3.8) is 0 Å². The second-order valence-corrected chi connectivity index (χ2v) is 5.18. The Bertz CT molecular complexity index is 255. The lowest BCUT2D eigenvalue weighted by atomic mass is 9.76. The molecule has 0 radical (unpaired) electrons. The lowest BCUT2D eigenvalue weighted by Crippen LogP contribution is -2.41. The molecular weight excluding hydrogens is 203 g/mol. The second kappa shape index (κ2) is 4.90. The normalized spacial score (nSPS) is 23.9. The van der Waals surface area contributed by atoms with Gasteiger partial charge in [0.15, 0.2) is 0 Å². The summed E-state index contributed by atoms with van der Waals surface area (Å²) < 4.78 is 17.0. The monoisotopic (exact) mass is 226 g/mol. The van der Waals surface area contributed by atoms with E-state index < -0.39 is 0 Å². The summed E-state index contributed by atoms with van der Waals surface area (Å²) in [7, 11) is 1.46. The Balaban J connectivity index is 2.77. The molecule has 0 N–H and O–H groups in total. The van der Waals surface area contributed by atoms with E-state index in [4.69, 9.17) is 14.0 Å². The Morgan fingerprint density at radius 2 is 1.69 bits per heavy atom. The highest BCUT2D eigenvalue weighted by molar-refractivity contribution is 6.54. The standard InChI is InChI=1S/C12H23BO3/c1-7-10(8-9-14-6)13-15-11(2,3)12(4,5)16-13/h8H,7,9H2,1-6H3/b10-8+. The van der Waals surface area contributed by atoms with Crippen molar-refractivity contribution < 1.29 is 14.0 Å². The van der Waals surface area contributed by atoms with Crippen molar-refractivity contribution in [1.29, 1.82) is 0 Å². The Morgan fingerprint density at radius 1 is 1.19 bits per heavy atom. The van der Waals surface area contributed by atoms with Gasteiger partial charge in [-0.05, 0) is 39.6 Å². The van der Waals surface area contributed by atoms with Crippen molar-refractivity contribution in [2.24, 2.45) is 0 Å². The topological polar surface area (TPSA) is 27.7 Å². The quantitative estimate of drug-likeness (QED) is 0.689. The van der Waals surface area contributed by atoms with Gasteiger partial charge in [-0.2, -0.15) is 0 Å². The first-order chi connectivity index (χ1) is 7.34. The van der Waals surface area contributed by atoms with Crippen LogP contribution in [-0.4, -0.2) is 32.0 Å². The van der Waals surface area contributed by atoms with E-state index in [2.05, 4.69) is 34.6 Å². The van der Waals surface area contributed by atoms with Gasteiger partial charge >= 0.3 is 7.12 Å². The van der Waals surface area contributed by atoms with Gasteiger partial charge in [-0.25, -0.2) is 0 Å². The minimum atomic E-state index is -0.265. The van der Waals surface area contributed by atoms with E-state index in [1.165, 1.54) is 0 Å². The van der Waals surface area contributed by atoms with Crippen LogP contribution in [0, 0.1) is 0 Å². The molecule has 0 unspecified atom stereocenters. The van der Waals surface area contributed by atoms with Crippen molar-refractivity contribution in [2.45, 2.75) is 52.2 Å². The van der Waals surface area contributed by atoms with Gasteiger partial charge in [-0.3, -0.25) is 0 Å². The molecular formula is C12H23BO3. The van der Waals surface area contributed by atoms with Gasteiger partial charge in [0.2, 0.25) is 0 Å². The van der Waals surface area contributed by atoms with E-state index in [1.54, 1.807) is 7.11 Å². The van der Waals surface area contributed by atoms with Crippen LogP contribution in [0.1, 0.15) is 41.0 Å². The van der Waals surface area contributed by atoms with Gasteiger partial charge < -0.3 is 14.0 Å². The summed E-state index contributed by atoms with van der Waals surface area (Å²) in [6, 6.07) is 0. The van der Waals surface area contributed by atoms with Crippen molar-refractivity contribution >= 4 is 7.12 Å². The highest BCUT2D eigenvalue weighted by Gasteiger charge is 2.51. The van der Waals surface area contributed by atoms with E-state index >= 15 is 0 Å². The molecule has 0 aromatic heterocycles. The predicted octanol–water partition coefficient (Wildman–Crippen LogP) is 2.60. The molecule has 1 heterocycles. The molecule has 1 saturated heterocycles. The molecule has 0 atom stereocenters. The maximum absolute atomic E-state index is 5.97. The fraction of sp³-hybridized carbons (Fsp3) is 0.833. The number of ether oxygens (including phenoxy) is 1. The van der Waals surface area contributed by atoms with Gasteiger partial charge in [0.1, 0.15) is 0 Å². The van der Waals surface area contributed by atoms with Crippen LogP contribution in [0.5, 0.6) is 0 Å². The molecule has 1 rings (SSSR count). The smallest absolute Gasteiger partial charge is 0.400 e. The lowest BCUT2D eigenvalue weighted by molar-refractivity contribution is 0.00578. The van der Waals surface area contributed by atoms with Gasteiger partial charge in [-0.1, -0.05) is 13.0 Å². The number of allylic oxidation sites excluding steroid dienone is 1. The molecule has 4 heteroatoms. The number of hydrogen-bond acceptors (Lipinski definition) is 3. The van der Waals surface area contributed by atoms with Crippen LogP contribution in [0.4, 0.5) is 0 Å². The molecule has 1 fully saturated rings. The zero-order valence-corrected chi connectivity index (χ0v) is 11.3. The average molecular weight is 226 g/mol. The average Bonchev–Trinajstić information content (AvgIpc) is 2.37. The minimum absolute atomic E-state index is 0.231. The Kier molecular flexibility index (Phi) is 4.21. The molecule has 0 amide bonds. The van der Waals surface area contributed by atoms with Crippen LogP contribution in [0.25, 0.3) is 0 Å². The van der Waals surface area contributed by atoms with E-state index in [1.807, 2.05) is 6.08 Å². The van der Waals surface area contributed by atoms with Crippen molar-refractivity contribution in [1.82, 2.24) is 0 Å². The van der Waals surface area contributed by atoms with Crippen LogP contribution < -0.4 is 0 Å². The third-order valence-electron chi connectivity index (χ3n) is 3.48. The van der Waals surface area contributed by atoms with Crippen LogP contribution in [0.3, 0.4) is 0 Å². The predicted molar refractivity (Wildman–Crippen MR) is 66.3 cm³/mol. The summed E-state index contributed by atoms with van der Waals surface area (Å²) >= 11 is 0. The molecule has 0 aromatic rings. The Morgan fingerprint density at radius 3 is 2.06 bits per heavy atom. The van der Waals surface area contributed by atoms with Gasteiger partial charge in [0.25, 0.3) is 0 Å². The fourth-order valence-electron chi connectivity index (χ4n) is 1.59. The van der Waals surface area contributed by atoms with E-state index in [0.29, 0.717) is 6.61 Å². The molecule has 1 aliphatic heterocycles. The summed E-state index contributed by atoms with van der Waals surface area (Å²) in [6.45, 7) is 11.0. The first kappa shape index (κ1) is 13.7. The van der Waals surface area contributed by atoms with Crippen LogP contribution >= 0.6 is 0 Å². The first-order valence-electron chi connectivity index (χ1n) is 5.87. The van der Waals surface area contributed by atoms with E-state index in [-0.39, 0.29) is 18.3 Å². The largest absolute Gasteiger partial charge is 0.490 e. The van der Waals surface area contributed by atoms with Crippen LogP contribution in [0.15, 0.2) is 11.5 Å². The maximum atomic E-state index is 5.97. The minimum Gasteiger partial charge on any atom is -0.400 e. The Hall–Kier alpha value is -0.315. The summed E-state index contributed by atoms with van der Waals surface area (Å²) in [5, 5.41) is 0. The molecule has 0 bridgehead atoms. The summed E-state index contributed by atoms with van der Waals surface area (Å²) in [6.07, 6.45) is 2.96. The SMILES string of the molecule is CC/C(=C\COC)B1OC(C)(C)C(C)(C)O1. The maximum Gasteiger partial charge on any atom is 0.490 e. The van der Waals surface area contributed by atoms with Crippen LogP contribution in [-0.2, 0) is 14.0 Å². The number of rotatable bonds is 4. The molecule has 16 heavy (non-hydrogen) atoms. The molecule has 0 spiro atoms. The highest BCUT2D eigenvalue weighted by atomic mass is 16.7. The zero-order chi connectivity index (χ0) is 12.4. The second-order valence-electron chi connectivity index (χ2n) is 5.18. The summed E-state index contributed by atoms with van der Waals surface area (Å²) in [4.78, 5) is 0. The van der Waals surface area contributed by atoms with Gasteiger partial charge in [0.05, 0.1) is 17.8 Å². The third-order valence-corrected chi connectivity index (χ3v) is 3.48. The molecule has 3 nitrogen and oxygen atoms in total. The van der Waals surface area contributed by atoms with Crippen molar-refractivity contribution in [3.8, 4) is 0 Å². The lowest BCUT2D eigenvalue weighted by Gasteiger charge is -2.32. The number of hydrogen-bond donors (Lipinski definition) is 0. The molecule has 0 saturated carbocycles. The fourth-order valence-corrected chi connectivity index (χ4v) is 1.59. The van der Waals surface area contributed by atoms with Crippen molar-refractivity contribution in [3.05, 3.63) is 11.5 Å². The summed E-state index contributed by atoms with van der Waals surface area (Å²) in [5.74, 6) is 0. The molecule has 0 aliphatic carbocycles. The van der Waals surface area contributed by atoms with E-state index in [0.717, 1.165) is 11.9 Å². The first-order valence-corrected chi connectivity index (χ1v) is 5.87. The van der Waals surface area contributed by atoms with Gasteiger partial charge in [0, 0.05) is 7.11 Å². The molecule has 92 valence electrons. The number of methoxy groups -OCH3 is 1. The van der Waals surface area contributed by atoms with Gasteiger partial charge in [-0.15, -0.1) is 0 Å². The van der Waals surface area contributed by atoms with Crippen molar-refractivity contribution in [2.75, 3.05) is 13.7 Å². The summed E-state index contributed by atoms with van der Waals surface area (Å²) in [5.41, 5.74) is 0.623. The van der Waals surface area contributed by atoms with Crippen LogP contribution in [0.2, 0.25) is 0 Å². The Labute approximate surface area is 99.3 Å². The third kappa shape index (κ3) is 2.68.